The van der Waals surface area contributed by atoms with E-state index in [0.717, 1.165) is 0 Å². The molecule has 1 saturated heterocycles. The number of hydrogen-bond donors (Lipinski definition) is 1. The van der Waals surface area contributed by atoms with E-state index >= 15 is 0 Å². The van der Waals surface area contributed by atoms with Crippen LogP contribution in [0, 0.1) is 0 Å². The number of esters is 1. The van der Waals surface area contributed by atoms with Crippen molar-refractivity contribution in [3.05, 3.63) is 0 Å². The van der Waals surface area contributed by atoms with E-state index in [1.165, 1.54) is 0 Å². The van der Waals surface area contributed by atoms with Gasteiger partial charge < -0.3 is 14.8 Å². The van der Waals surface area contributed by atoms with Gasteiger partial charge in [0.1, 0.15) is 12.5 Å². The van der Waals surface area contributed by atoms with Gasteiger partial charge >= 0.3 is 5.97 Å². The van der Waals surface area contributed by atoms with Gasteiger partial charge in [0.2, 0.25) is 5.91 Å². The molecule has 0 spiro atoms. The zero-order valence-electron chi connectivity index (χ0n) is 12.0. The number of morpholine rings is 1. The molecule has 0 aromatic heterocycles. The van der Waals surface area contributed by atoms with Crippen LogP contribution in [0.3, 0.4) is 0 Å². The van der Waals surface area contributed by atoms with Crippen LogP contribution in [0.25, 0.3) is 0 Å². The highest BCUT2D eigenvalue weighted by Crippen LogP contribution is 2.08. The highest BCUT2D eigenvalue weighted by atomic mass is 16.5. The molecule has 0 radical (unpaired) electrons. The molecule has 0 bridgehead atoms. The second-order valence-electron chi connectivity index (χ2n) is 4.48. The molecule has 0 aliphatic carbocycles. The summed E-state index contributed by atoms with van der Waals surface area (Å²) < 4.78 is 10.0. The Hall–Kier alpha value is -1.47. The van der Waals surface area contributed by atoms with Gasteiger partial charge in [-0.15, -0.1) is 0 Å². The molecule has 1 heterocycles. The molecule has 1 amide bonds. The quantitative estimate of drug-likeness (QED) is 0.494. The molecule has 0 aromatic rings. The third-order valence-electron chi connectivity index (χ3n) is 2.92. The first-order valence-corrected chi connectivity index (χ1v) is 6.85. The Balaban J connectivity index is 2.51. The number of hydrogen-bond acceptors (Lipinski definition) is 6. The van der Waals surface area contributed by atoms with Crippen molar-refractivity contribution in [2.45, 2.75) is 26.3 Å². The summed E-state index contributed by atoms with van der Waals surface area (Å²) in [7, 11) is 0. The number of likely N-dealkylation sites (N-methyl/N-ethyl adjacent to an activating group) is 1. The predicted molar refractivity (Wildman–Crippen MR) is 71.1 cm³/mol. The van der Waals surface area contributed by atoms with Crippen LogP contribution in [0.1, 0.15) is 20.3 Å². The molecular formula is C13H22N2O5. The summed E-state index contributed by atoms with van der Waals surface area (Å²) in [6.07, 6.45) is -0.257. The molecule has 7 heteroatoms. The SMILES string of the molecule is CCNC(=O)C1COCCN1CC(=O)CC(=O)OCC. The lowest BCUT2D eigenvalue weighted by Gasteiger charge is -2.33. The fraction of sp³-hybridized carbons (Fsp3) is 0.769. The second kappa shape index (κ2) is 8.65. The van der Waals surface area contributed by atoms with Crippen molar-refractivity contribution in [1.82, 2.24) is 10.2 Å². The fourth-order valence-electron chi connectivity index (χ4n) is 2.02. The van der Waals surface area contributed by atoms with Crippen LogP contribution in [0.4, 0.5) is 0 Å². The third-order valence-corrected chi connectivity index (χ3v) is 2.92. The van der Waals surface area contributed by atoms with E-state index in [1.54, 1.807) is 11.8 Å². The van der Waals surface area contributed by atoms with Crippen molar-refractivity contribution in [1.29, 1.82) is 0 Å². The van der Waals surface area contributed by atoms with Crippen molar-refractivity contribution in [2.24, 2.45) is 0 Å². The third kappa shape index (κ3) is 5.26. The van der Waals surface area contributed by atoms with E-state index in [1.807, 2.05) is 6.92 Å². The molecule has 114 valence electrons. The van der Waals surface area contributed by atoms with Gasteiger partial charge in [-0.3, -0.25) is 19.3 Å². The zero-order valence-corrected chi connectivity index (χ0v) is 12.0. The summed E-state index contributed by atoms with van der Waals surface area (Å²) in [6, 6.07) is -0.477. The van der Waals surface area contributed by atoms with E-state index in [4.69, 9.17) is 9.47 Å². The number of carbonyl (C=O) groups excluding carboxylic acids is 3. The number of carbonyl (C=O) groups is 3. The van der Waals surface area contributed by atoms with Crippen molar-refractivity contribution in [3.8, 4) is 0 Å². The van der Waals surface area contributed by atoms with Gasteiger partial charge in [0.05, 0.1) is 26.4 Å². The van der Waals surface area contributed by atoms with E-state index in [9.17, 15) is 14.4 Å². The molecule has 0 aromatic carbocycles. The Labute approximate surface area is 118 Å². The average molecular weight is 286 g/mol. The zero-order chi connectivity index (χ0) is 15.0. The number of ketones is 1. The van der Waals surface area contributed by atoms with Gasteiger partial charge in [0.25, 0.3) is 0 Å². The van der Waals surface area contributed by atoms with Gasteiger partial charge in [-0.25, -0.2) is 0 Å². The molecule has 1 atom stereocenters. The van der Waals surface area contributed by atoms with Crippen LogP contribution in [0.15, 0.2) is 0 Å². The van der Waals surface area contributed by atoms with Crippen LogP contribution in [0.2, 0.25) is 0 Å². The number of amides is 1. The summed E-state index contributed by atoms with van der Waals surface area (Å²) in [6.45, 7) is 5.60. The van der Waals surface area contributed by atoms with Gasteiger partial charge in [-0.2, -0.15) is 0 Å². The highest BCUT2D eigenvalue weighted by Gasteiger charge is 2.30. The molecule has 20 heavy (non-hydrogen) atoms. The first-order valence-electron chi connectivity index (χ1n) is 6.85. The Kier molecular flexibility index (Phi) is 7.17. The highest BCUT2D eigenvalue weighted by molar-refractivity contribution is 5.97. The molecule has 1 aliphatic rings. The van der Waals surface area contributed by atoms with Crippen LogP contribution in [0.5, 0.6) is 0 Å². The summed E-state index contributed by atoms with van der Waals surface area (Å²) in [5, 5.41) is 2.72. The van der Waals surface area contributed by atoms with Crippen molar-refractivity contribution in [2.75, 3.05) is 39.5 Å². The fourth-order valence-corrected chi connectivity index (χ4v) is 2.02. The molecule has 1 fully saturated rings. The van der Waals surface area contributed by atoms with Crippen LogP contribution in [-0.4, -0.2) is 68.1 Å². The number of nitrogens with zero attached hydrogens (tertiary/aromatic N) is 1. The Morgan fingerprint density at radius 1 is 1.35 bits per heavy atom. The van der Waals surface area contributed by atoms with Crippen LogP contribution >= 0.6 is 0 Å². The van der Waals surface area contributed by atoms with Gasteiger partial charge in [0.15, 0.2) is 5.78 Å². The van der Waals surface area contributed by atoms with E-state index in [2.05, 4.69) is 5.32 Å². The molecule has 1 rings (SSSR count). The minimum atomic E-state index is -0.527. The van der Waals surface area contributed by atoms with Gasteiger partial charge in [0, 0.05) is 13.1 Å². The lowest BCUT2D eigenvalue weighted by atomic mass is 10.1. The largest absolute Gasteiger partial charge is 0.466 e. The Bertz CT molecular complexity index is 359. The van der Waals surface area contributed by atoms with Crippen molar-refractivity contribution in [3.63, 3.8) is 0 Å². The Morgan fingerprint density at radius 2 is 2.10 bits per heavy atom. The molecule has 7 nitrogen and oxygen atoms in total. The van der Waals surface area contributed by atoms with Gasteiger partial charge in [-0.1, -0.05) is 0 Å². The first-order chi connectivity index (χ1) is 9.58. The normalized spacial score (nSPS) is 19.4. The second-order valence-corrected chi connectivity index (χ2v) is 4.48. The number of nitrogens with one attached hydrogen (secondary N) is 1. The summed E-state index contributed by atoms with van der Waals surface area (Å²) in [5.41, 5.74) is 0. The minimum absolute atomic E-state index is 0.0595. The lowest BCUT2D eigenvalue weighted by Crippen LogP contribution is -2.55. The predicted octanol–water partition coefficient (Wildman–Crippen LogP) is -0.654. The number of ether oxygens (including phenoxy) is 2. The Morgan fingerprint density at radius 3 is 2.75 bits per heavy atom. The molecular weight excluding hydrogens is 264 g/mol. The topological polar surface area (TPSA) is 84.9 Å². The van der Waals surface area contributed by atoms with E-state index < -0.39 is 12.0 Å². The maximum atomic E-state index is 11.9. The summed E-state index contributed by atoms with van der Waals surface area (Å²) in [4.78, 5) is 36.7. The van der Waals surface area contributed by atoms with Gasteiger partial charge in [-0.05, 0) is 13.8 Å². The lowest BCUT2D eigenvalue weighted by molar-refractivity contribution is -0.146. The smallest absolute Gasteiger partial charge is 0.313 e. The molecule has 1 N–H and O–H groups in total. The first kappa shape index (κ1) is 16.6. The molecule has 0 saturated carbocycles. The number of rotatable bonds is 7. The van der Waals surface area contributed by atoms with E-state index in [-0.39, 0.29) is 37.9 Å². The number of Topliss-reactive ketones (excluding diaryl/α,β-unsaturated/α-hetero) is 1. The standard InChI is InChI=1S/C13H22N2O5/c1-3-14-13(18)11-9-19-6-5-15(11)8-10(16)7-12(17)20-4-2/h11H,3-9H2,1-2H3,(H,14,18). The average Bonchev–Trinajstić information content (AvgIpc) is 2.39. The van der Waals surface area contributed by atoms with E-state index in [0.29, 0.717) is 19.7 Å². The monoisotopic (exact) mass is 286 g/mol. The molecule has 1 aliphatic heterocycles. The van der Waals surface area contributed by atoms with Crippen LogP contribution < -0.4 is 5.32 Å². The summed E-state index contributed by atoms with van der Waals surface area (Å²) >= 11 is 0. The maximum Gasteiger partial charge on any atom is 0.313 e. The minimum Gasteiger partial charge on any atom is -0.466 e. The maximum absolute atomic E-state index is 11.9. The summed E-state index contributed by atoms with van der Waals surface area (Å²) in [5.74, 6) is -0.934. The molecule has 1 unspecified atom stereocenters. The van der Waals surface area contributed by atoms with Crippen molar-refractivity contribution < 1.29 is 23.9 Å². The van der Waals surface area contributed by atoms with Crippen molar-refractivity contribution >= 4 is 17.7 Å². The van der Waals surface area contributed by atoms with Crippen LogP contribution in [-0.2, 0) is 23.9 Å².